The Morgan fingerprint density at radius 3 is 2.66 bits per heavy atom. The van der Waals surface area contributed by atoms with E-state index in [1.165, 1.54) is 4.90 Å². The van der Waals surface area contributed by atoms with Crippen molar-refractivity contribution in [1.82, 2.24) is 4.98 Å². The molecule has 2 heterocycles. The molecule has 0 saturated carbocycles. The van der Waals surface area contributed by atoms with Gasteiger partial charge in [0, 0.05) is 10.6 Å². The number of rotatable bonds is 8. The highest BCUT2D eigenvalue weighted by Crippen LogP contribution is 2.44. The third-order valence-corrected chi connectivity index (χ3v) is 7.25. The van der Waals surface area contributed by atoms with Crippen molar-refractivity contribution in [3.8, 4) is 5.75 Å². The fraction of sp³-hybridized carbons (Fsp3) is 0.214. The van der Waals surface area contributed by atoms with Crippen LogP contribution < -0.4 is 9.64 Å². The van der Waals surface area contributed by atoms with Crippen LogP contribution in [0.2, 0.25) is 5.02 Å². The summed E-state index contributed by atoms with van der Waals surface area (Å²) >= 11 is 7.20. The van der Waals surface area contributed by atoms with Crippen molar-refractivity contribution in [2.75, 3.05) is 18.1 Å². The lowest BCUT2D eigenvalue weighted by atomic mass is 9.94. The molecule has 3 aromatic rings. The van der Waals surface area contributed by atoms with Crippen molar-refractivity contribution in [3.63, 3.8) is 0 Å². The Morgan fingerprint density at radius 1 is 1.24 bits per heavy atom. The Bertz CT molecular complexity index is 1480. The lowest BCUT2D eigenvalue weighted by molar-refractivity contribution is -0.132. The first kappa shape index (κ1) is 27.1. The summed E-state index contributed by atoms with van der Waals surface area (Å²) < 4.78 is 10.7. The van der Waals surface area contributed by atoms with E-state index in [9.17, 15) is 19.5 Å². The third kappa shape index (κ3) is 5.07. The van der Waals surface area contributed by atoms with Gasteiger partial charge in [0.15, 0.2) is 5.13 Å². The lowest BCUT2D eigenvalue weighted by Crippen LogP contribution is -2.29. The van der Waals surface area contributed by atoms with Crippen LogP contribution in [-0.2, 0) is 14.3 Å². The van der Waals surface area contributed by atoms with E-state index < -0.39 is 23.7 Å². The Hall–Kier alpha value is -3.95. The van der Waals surface area contributed by atoms with Gasteiger partial charge < -0.3 is 14.6 Å². The van der Waals surface area contributed by atoms with Crippen molar-refractivity contribution in [3.05, 3.63) is 93.0 Å². The van der Waals surface area contributed by atoms with Crippen molar-refractivity contribution in [1.29, 1.82) is 0 Å². The van der Waals surface area contributed by atoms with Crippen molar-refractivity contribution in [2.45, 2.75) is 26.8 Å². The number of aliphatic hydroxyl groups is 1. The predicted molar refractivity (Wildman–Crippen MR) is 146 cm³/mol. The predicted octanol–water partition coefficient (Wildman–Crippen LogP) is 5.78. The van der Waals surface area contributed by atoms with E-state index in [2.05, 4.69) is 11.6 Å². The molecule has 8 nitrogen and oxygen atoms in total. The zero-order valence-electron chi connectivity index (χ0n) is 21.0. The van der Waals surface area contributed by atoms with Gasteiger partial charge >= 0.3 is 11.9 Å². The molecule has 0 radical (unpaired) electrons. The standard InChI is InChI=1S/C28H25ClN2O6S/c1-5-12-37-19-10-11-20(15(3)13-19)23(32)21-22(17-8-7-9-18(29)14-17)31(26(34)24(21)33)28-30-16(4)25(38-28)27(35)36-6-2/h5,7-11,13-14,22,32H,1,6,12H2,2-4H3/t22-/m1/s1. The fourth-order valence-electron chi connectivity index (χ4n) is 4.19. The minimum Gasteiger partial charge on any atom is -0.507 e. The number of aliphatic hydroxyl groups excluding tert-OH is 1. The fourth-order valence-corrected chi connectivity index (χ4v) is 5.37. The van der Waals surface area contributed by atoms with Crippen LogP contribution in [0.25, 0.3) is 5.76 Å². The summed E-state index contributed by atoms with van der Waals surface area (Å²) in [5.74, 6) is -2.12. The molecule has 1 atom stereocenters. The second-order valence-electron chi connectivity index (χ2n) is 8.43. The summed E-state index contributed by atoms with van der Waals surface area (Å²) in [7, 11) is 0. The van der Waals surface area contributed by atoms with E-state index in [0.717, 1.165) is 11.3 Å². The first-order valence-corrected chi connectivity index (χ1v) is 12.9. The average Bonchev–Trinajstić information content (AvgIpc) is 3.39. The van der Waals surface area contributed by atoms with Gasteiger partial charge in [-0.05, 0) is 62.2 Å². The summed E-state index contributed by atoms with van der Waals surface area (Å²) in [5.41, 5.74) is 1.73. The molecule has 1 fully saturated rings. The van der Waals surface area contributed by atoms with Gasteiger partial charge in [-0.3, -0.25) is 14.5 Å². The molecule has 0 aliphatic carbocycles. The van der Waals surface area contributed by atoms with E-state index in [0.29, 0.717) is 39.8 Å². The molecule has 1 aromatic heterocycles. The molecular formula is C28H25ClN2O6S. The average molecular weight is 553 g/mol. The van der Waals surface area contributed by atoms with Crippen LogP contribution in [0.3, 0.4) is 0 Å². The SMILES string of the molecule is C=CCOc1ccc(C(O)=C2C(=O)C(=O)N(c3nc(C)c(C(=O)OCC)s3)[C@@H]2c2cccc(Cl)c2)c(C)c1. The third-order valence-electron chi connectivity index (χ3n) is 5.88. The smallest absolute Gasteiger partial charge is 0.350 e. The van der Waals surface area contributed by atoms with Crippen molar-refractivity contribution >= 4 is 51.5 Å². The van der Waals surface area contributed by atoms with Gasteiger partial charge in [-0.2, -0.15) is 0 Å². The summed E-state index contributed by atoms with van der Waals surface area (Å²) in [4.78, 5) is 45.1. The summed E-state index contributed by atoms with van der Waals surface area (Å²) in [6, 6.07) is 10.6. The molecule has 196 valence electrons. The molecule has 1 aliphatic heterocycles. The topological polar surface area (TPSA) is 106 Å². The normalized spacial score (nSPS) is 16.5. The molecule has 0 unspecified atom stereocenters. The number of esters is 1. The Balaban J connectivity index is 1.89. The summed E-state index contributed by atoms with van der Waals surface area (Å²) in [6.07, 6.45) is 1.61. The maximum Gasteiger partial charge on any atom is 0.350 e. The number of carbonyl (C=O) groups excluding carboxylic acids is 3. The highest BCUT2D eigenvalue weighted by atomic mass is 35.5. The molecule has 1 saturated heterocycles. The second-order valence-corrected chi connectivity index (χ2v) is 9.85. The quantitative estimate of drug-likeness (QED) is 0.124. The number of amides is 1. The van der Waals surface area contributed by atoms with Gasteiger partial charge in [-0.25, -0.2) is 9.78 Å². The number of hydrogen-bond acceptors (Lipinski definition) is 8. The number of Topliss-reactive ketones (excluding diaryl/α,β-unsaturated/α-hetero) is 1. The van der Waals surface area contributed by atoms with Crippen molar-refractivity contribution < 1.29 is 29.0 Å². The molecule has 0 bridgehead atoms. The van der Waals surface area contributed by atoms with Crippen LogP contribution in [-0.4, -0.2) is 41.0 Å². The van der Waals surface area contributed by atoms with Gasteiger partial charge in [-0.15, -0.1) is 0 Å². The van der Waals surface area contributed by atoms with E-state index in [4.69, 9.17) is 21.1 Å². The van der Waals surface area contributed by atoms with Crippen molar-refractivity contribution in [2.24, 2.45) is 0 Å². The highest BCUT2D eigenvalue weighted by molar-refractivity contribution is 7.17. The van der Waals surface area contributed by atoms with E-state index in [1.54, 1.807) is 69.3 Å². The molecule has 1 amide bonds. The van der Waals surface area contributed by atoms with Gasteiger partial charge in [-0.1, -0.05) is 47.7 Å². The number of ether oxygens (including phenoxy) is 2. The van der Waals surface area contributed by atoms with Crippen LogP contribution in [0, 0.1) is 13.8 Å². The Kier molecular flexibility index (Phi) is 7.99. The van der Waals surface area contributed by atoms with Crippen LogP contribution >= 0.6 is 22.9 Å². The molecule has 1 N–H and O–H groups in total. The molecule has 1 aliphatic rings. The Morgan fingerprint density at radius 2 is 2.00 bits per heavy atom. The monoisotopic (exact) mass is 552 g/mol. The van der Waals surface area contributed by atoms with Gasteiger partial charge in [0.1, 0.15) is 23.0 Å². The number of benzene rings is 2. The number of carbonyl (C=O) groups is 3. The van der Waals surface area contributed by atoms with Crippen LogP contribution in [0.4, 0.5) is 5.13 Å². The maximum atomic E-state index is 13.4. The number of nitrogens with zero attached hydrogens (tertiary/aromatic N) is 2. The molecule has 0 spiro atoms. The highest BCUT2D eigenvalue weighted by Gasteiger charge is 2.48. The number of aryl methyl sites for hydroxylation is 2. The molecular weight excluding hydrogens is 528 g/mol. The Labute approximate surface area is 228 Å². The van der Waals surface area contributed by atoms with E-state index in [1.807, 2.05) is 0 Å². The molecule has 10 heteroatoms. The molecule has 2 aromatic carbocycles. The van der Waals surface area contributed by atoms with Crippen LogP contribution in [0.5, 0.6) is 5.75 Å². The largest absolute Gasteiger partial charge is 0.507 e. The van der Waals surface area contributed by atoms with Crippen LogP contribution in [0.15, 0.2) is 60.7 Å². The lowest BCUT2D eigenvalue weighted by Gasteiger charge is -2.23. The number of aromatic nitrogens is 1. The maximum absolute atomic E-state index is 13.4. The van der Waals surface area contributed by atoms with Crippen LogP contribution in [0.1, 0.15) is 45.0 Å². The summed E-state index contributed by atoms with van der Waals surface area (Å²) in [5, 5.41) is 12.0. The number of thiazole rings is 1. The second kappa shape index (κ2) is 11.2. The minimum atomic E-state index is -1.04. The molecule has 38 heavy (non-hydrogen) atoms. The first-order valence-electron chi connectivity index (χ1n) is 11.7. The number of hydrogen-bond donors (Lipinski definition) is 1. The zero-order valence-corrected chi connectivity index (χ0v) is 22.6. The number of anilines is 1. The first-order chi connectivity index (χ1) is 18.2. The van der Waals surface area contributed by atoms with E-state index >= 15 is 0 Å². The van der Waals surface area contributed by atoms with Gasteiger partial charge in [0.25, 0.3) is 5.78 Å². The summed E-state index contributed by atoms with van der Waals surface area (Å²) in [6.45, 7) is 9.18. The van der Waals surface area contributed by atoms with Gasteiger partial charge in [0.05, 0.1) is 23.9 Å². The van der Waals surface area contributed by atoms with Gasteiger partial charge in [0.2, 0.25) is 0 Å². The number of ketones is 1. The molecule has 4 rings (SSSR count). The number of halogens is 1. The minimum absolute atomic E-state index is 0.120. The zero-order chi connectivity index (χ0) is 27.6. The van der Waals surface area contributed by atoms with E-state index in [-0.39, 0.29) is 27.9 Å².